The lowest BCUT2D eigenvalue weighted by Crippen LogP contribution is -2.38. The fourth-order valence-electron chi connectivity index (χ4n) is 4.38. The summed E-state index contributed by atoms with van der Waals surface area (Å²) in [6, 6.07) is -1.28. The highest BCUT2D eigenvalue weighted by Crippen LogP contribution is 2.27. The molecule has 1 heterocycles. The van der Waals surface area contributed by atoms with E-state index in [1.165, 1.54) is 0 Å². The summed E-state index contributed by atoms with van der Waals surface area (Å²) in [6.07, 6.45) is 5.56. The lowest BCUT2D eigenvalue weighted by Gasteiger charge is -2.26. The van der Waals surface area contributed by atoms with E-state index in [2.05, 4.69) is 26.1 Å². The molecule has 1 aliphatic carbocycles. The third-order valence-electron chi connectivity index (χ3n) is 6.31. The van der Waals surface area contributed by atoms with Crippen molar-refractivity contribution < 1.29 is 33.0 Å². The molecule has 0 bridgehead atoms. The van der Waals surface area contributed by atoms with Gasteiger partial charge in [-0.2, -0.15) is 0 Å². The Morgan fingerprint density at radius 2 is 1.36 bits per heavy atom. The van der Waals surface area contributed by atoms with E-state index in [4.69, 9.17) is 18.6 Å². The highest BCUT2D eigenvalue weighted by atomic mass is 16.6. The van der Waals surface area contributed by atoms with Crippen molar-refractivity contribution in [3.63, 3.8) is 0 Å². The van der Waals surface area contributed by atoms with Crippen molar-refractivity contribution in [1.29, 1.82) is 0 Å². The Bertz CT molecular complexity index is 1000. The van der Waals surface area contributed by atoms with Gasteiger partial charge in [0.1, 0.15) is 23.3 Å². The van der Waals surface area contributed by atoms with Gasteiger partial charge in [-0.25, -0.2) is 9.59 Å². The maximum atomic E-state index is 13.1. The maximum Gasteiger partial charge on any atom is 0.408 e. The van der Waals surface area contributed by atoms with E-state index < -0.39 is 41.1 Å². The Labute approximate surface area is 250 Å². The zero-order valence-electron chi connectivity index (χ0n) is 27.1. The van der Waals surface area contributed by atoms with E-state index in [0.717, 1.165) is 32.1 Å². The zero-order valence-corrected chi connectivity index (χ0v) is 27.1. The molecule has 3 N–H and O–H groups in total. The normalized spacial score (nSPS) is 16.3. The number of aromatic nitrogens is 2. The van der Waals surface area contributed by atoms with Crippen LogP contribution >= 0.6 is 0 Å². The van der Waals surface area contributed by atoms with Gasteiger partial charge in [0.15, 0.2) is 0 Å². The van der Waals surface area contributed by atoms with Gasteiger partial charge in [0, 0.05) is 12.5 Å². The Hall–Kier alpha value is -2.89. The van der Waals surface area contributed by atoms with Crippen LogP contribution in [-0.2, 0) is 19.0 Å². The van der Waals surface area contributed by atoms with Crippen molar-refractivity contribution >= 4 is 18.1 Å². The number of rotatable bonds is 12. The Morgan fingerprint density at radius 1 is 0.786 bits per heavy atom. The van der Waals surface area contributed by atoms with Gasteiger partial charge in [0.05, 0.1) is 12.2 Å². The second kappa shape index (κ2) is 15.5. The molecular formula is C30H53N5O7. The molecule has 0 spiro atoms. The van der Waals surface area contributed by atoms with Gasteiger partial charge in [-0.1, -0.05) is 19.3 Å². The van der Waals surface area contributed by atoms with Crippen LogP contribution in [0.3, 0.4) is 0 Å². The molecule has 0 aromatic carbocycles. The first kappa shape index (κ1) is 35.3. The number of amides is 3. The number of carbonyl (C=O) groups is 3. The van der Waals surface area contributed by atoms with E-state index in [1.807, 2.05) is 20.8 Å². The molecule has 0 saturated heterocycles. The van der Waals surface area contributed by atoms with Crippen molar-refractivity contribution in [1.82, 2.24) is 26.1 Å². The van der Waals surface area contributed by atoms with Gasteiger partial charge < -0.3 is 34.6 Å². The smallest absolute Gasteiger partial charge is 0.408 e. The van der Waals surface area contributed by atoms with Crippen LogP contribution in [0, 0.1) is 5.92 Å². The molecule has 1 aliphatic rings. The number of carbonyl (C=O) groups excluding carboxylic acids is 3. The second-order valence-corrected chi connectivity index (χ2v) is 13.9. The molecule has 2 rings (SSSR count). The quantitative estimate of drug-likeness (QED) is 0.251. The van der Waals surface area contributed by atoms with Gasteiger partial charge in [0.2, 0.25) is 17.7 Å². The molecule has 12 heteroatoms. The van der Waals surface area contributed by atoms with Crippen LogP contribution in [0.5, 0.6) is 0 Å². The molecular weight excluding hydrogens is 542 g/mol. The Morgan fingerprint density at radius 3 is 1.93 bits per heavy atom. The molecule has 0 unspecified atom stereocenters. The minimum atomic E-state index is -0.690. The van der Waals surface area contributed by atoms with Gasteiger partial charge in [-0.3, -0.25) is 4.79 Å². The molecule has 1 aromatic rings. The minimum absolute atomic E-state index is 0.0436. The summed E-state index contributed by atoms with van der Waals surface area (Å²) >= 11 is 0. The summed E-state index contributed by atoms with van der Waals surface area (Å²) in [5.41, 5.74) is -1.70. The predicted molar refractivity (Wildman–Crippen MR) is 158 cm³/mol. The Kier molecular flexibility index (Phi) is 13.1. The molecule has 240 valence electrons. The molecule has 42 heavy (non-hydrogen) atoms. The zero-order chi connectivity index (χ0) is 31.6. The molecule has 1 saturated carbocycles. The Balaban J connectivity index is 2.13. The summed E-state index contributed by atoms with van der Waals surface area (Å²) < 4.78 is 22.8. The summed E-state index contributed by atoms with van der Waals surface area (Å²) in [7, 11) is 0. The maximum absolute atomic E-state index is 13.1. The first-order valence-corrected chi connectivity index (χ1v) is 15.2. The van der Waals surface area contributed by atoms with Crippen LogP contribution in [0.4, 0.5) is 9.59 Å². The largest absolute Gasteiger partial charge is 0.444 e. The molecule has 1 fully saturated rings. The van der Waals surface area contributed by atoms with E-state index in [9.17, 15) is 14.4 Å². The molecule has 0 radical (unpaired) electrons. The lowest BCUT2D eigenvalue weighted by molar-refractivity contribution is -0.128. The number of nitrogens with one attached hydrogen (secondary N) is 3. The third kappa shape index (κ3) is 14.3. The highest BCUT2D eigenvalue weighted by Gasteiger charge is 2.30. The first-order chi connectivity index (χ1) is 19.4. The summed E-state index contributed by atoms with van der Waals surface area (Å²) in [4.78, 5) is 37.7. The summed E-state index contributed by atoms with van der Waals surface area (Å²) in [5.74, 6) is 0.316. The van der Waals surface area contributed by atoms with Crippen molar-refractivity contribution in [2.45, 2.75) is 143 Å². The first-order valence-electron chi connectivity index (χ1n) is 15.2. The van der Waals surface area contributed by atoms with Gasteiger partial charge in [-0.15, -0.1) is 10.2 Å². The average Bonchev–Trinajstić information content (AvgIpc) is 3.33. The number of ether oxygens (including phenoxy) is 3. The predicted octanol–water partition coefficient (Wildman–Crippen LogP) is 5.88. The standard InChI is InChI=1S/C30H53N5O7/c1-28(2,3)39-19-22(32-23(36)20-15-11-10-12-16-20)25-35-34-24(40-25)21(33-27(38)42-30(7,8)9)17-13-14-18-31-26(37)41-29(4,5)6/h20-22H,10-19H2,1-9H3,(H,31,37)(H,32,36)(H,33,38)/t21-,22-/m0/s1. The van der Waals surface area contributed by atoms with Gasteiger partial charge >= 0.3 is 12.2 Å². The molecule has 3 amide bonds. The molecule has 12 nitrogen and oxygen atoms in total. The van der Waals surface area contributed by atoms with Crippen LogP contribution in [0.15, 0.2) is 4.42 Å². The molecule has 2 atom stereocenters. The number of alkyl carbamates (subject to hydrolysis) is 2. The van der Waals surface area contributed by atoms with Crippen LogP contribution in [0.2, 0.25) is 0 Å². The highest BCUT2D eigenvalue weighted by molar-refractivity contribution is 5.79. The van der Waals surface area contributed by atoms with E-state index in [0.29, 0.717) is 25.8 Å². The number of unbranched alkanes of at least 4 members (excludes halogenated alkanes) is 1. The molecule has 0 aliphatic heterocycles. The third-order valence-corrected chi connectivity index (χ3v) is 6.31. The van der Waals surface area contributed by atoms with Crippen LogP contribution in [0.1, 0.15) is 138 Å². The van der Waals surface area contributed by atoms with Crippen molar-refractivity contribution in [3.8, 4) is 0 Å². The van der Waals surface area contributed by atoms with Crippen molar-refractivity contribution in [3.05, 3.63) is 11.8 Å². The van der Waals surface area contributed by atoms with Gasteiger partial charge in [0.25, 0.3) is 0 Å². The van der Waals surface area contributed by atoms with Crippen LogP contribution in [0.25, 0.3) is 0 Å². The van der Waals surface area contributed by atoms with Crippen molar-refractivity contribution in [2.24, 2.45) is 5.92 Å². The second-order valence-electron chi connectivity index (χ2n) is 13.9. The van der Waals surface area contributed by atoms with Crippen LogP contribution < -0.4 is 16.0 Å². The summed E-state index contributed by atoms with van der Waals surface area (Å²) in [5, 5.41) is 17.1. The van der Waals surface area contributed by atoms with Crippen molar-refractivity contribution in [2.75, 3.05) is 13.2 Å². The monoisotopic (exact) mass is 595 g/mol. The number of hydrogen-bond acceptors (Lipinski definition) is 9. The average molecular weight is 596 g/mol. The number of hydrogen-bond donors (Lipinski definition) is 3. The topological polar surface area (TPSA) is 154 Å². The fourth-order valence-corrected chi connectivity index (χ4v) is 4.38. The van der Waals surface area contributed by atoms with Crippen LogP contribution in [-0.4, -0.2) is 58.2 Å². The minimum Gasteiger partial charge on any atom is -0.444 e. The lowest BCUT2D eigenvalue weighted by atomic mass is 9.88. The summed E-state index contributed by atoms with van der Waals surface area (Å²) in [6.45, 7) is 17.1. The SMILES string of the molecule is CC(C)(C)OC[C@H](NC(=O)C1CCCCC1)c1nnc([C@H](CCCCNC(=O)OC(C)(C)C)NC(=O)OC(C)(C)C)o1. The van der Waals surface area contributed by atoms with Gasteiger partial charge in [-0.05, 0) is 94.4 Å². The van der Waals surface area contributed by atoms with E-state index in [1.54, 1.807) is 41.5 Å². The molecule has 1 aromatic heterocycles. The van der Waals surface area contributed by atoms with E-state index >= 15 is 0 Å². The van der Waals surface area contributed by atoms with E-state index in [-0.39, 0.29) is 30.2 Å². The number of nitrogens with zero attached hydrogens (tertiary/aromatic N) is 2. The fraction of sp³-hybridized carbons (Fsp3) is 0.833.